The largest absolute Gasteiger partial charge is 0.497 e. The van der Waals surface area contributed by atoms with Crippen LogP contribution in [0.5, 0.6) is 11.5 Å². The maximum atomic E-state index is 11.6. The summed E-state index contributed by atoms with van der Waals surface area (Å²) in [7, 11) is 3.39. The van der Waals surface area contributed by atoms with E-state index < -0.39 is 0 Å². The highest BCUT2D eigenvalue weighted by atomic mass is 35.5. The second-order valence-corrected chi connectivity index (χ2v) is 4.51. The van der Waals surface area contributed by atoms with Crippen LogP contribution in [0.4, 0.5) is 0 Å². The summed E-state index contributed by atoms with van der Waals surface area (Å²) in [5.41, 5.74) is 0. The molecule has 0 N–H and O–H groups in total. The molecule has 0 unspecified atom stereocenters. The van der Waals surface area contributed by atoms with E-state index in [4.69, 9.17) is 21.1 Å². The quantitative estimate of drug-likeness (QED) is 0.689. The lowest BCUT2D eigenvalue weighted by Gasteiger charge is -2.17. The van der Waals surface area contributed by atoms with Crippen LogP contribution in [0.3, 0.4) is 0 Å². The predicted molar refractivity (Wildman–Crippen MR) is 76.1 cm³/mol. The minimum Gasteiger partial charge on any atom is -0.497 e. The third kappa shape index (κ3) is 5.83. The fourth-order valence-corrected chi connectivity index (χ4v) is 1.64. The van der Waals surface area contributed by atoms with E-state index in [9.17, 15) is 4.79 Å². The first-order valence-electron chi connectivity index (χ1n) is 6.24. The van der Waals surface area contributed by atoms with Gasteiger partial charge in [-0.1, -0.05) is 0 Å². The van der Waals surface area contributed by atoms with Crippen molar-refractivity contribution in [2.24, 2.45) is 0 Å². The molecule has 5 heteroatoms. The molecule has 0 aliphatic heterocycles. The summed E-state index contributed by atoms with van der Waals surface area (Å²) in [5, 5.41) is 0. The van der Waals surface area contributed by atoms with Crippen LogP contribution in [0, 0.1) is 0 Å². The summed E-state index contributed by atoms with van der Waals surface area (Å²) in [4.78, 5) is 13.3. The third-order valence-corrected chi connectivity index (χ3v) is 2.97. The monoisotopic (exact) mass is 285 g/mol. The van der Waals surface area contributed by atoms with Crippen LogP contribution in [-0.4, -0.2) is 44.0 Å². The molecule has 0 spiro atoms. The third-order valence-electron chi connectivity index (χ3n) is 2.70. The number of amides is 1. The van der Waals surface area contributed by atoms with E-state index in [-0.39, 0.29) is 5.91 Å². The topological polar surface area (TPSA) is 38.8 Å². The van der Waals surface area contributed by atoms with Crippen molar-refractivity contribution in [2.45, 2.75) is 12.8 Å². The van der Waals surface area contributed by atoms with Crippen molar-refractivity contribution in [3.63, 3.8) is 0 Å². The van der Waals surface area contributed by atoms with Gasteiger partial charge in [-0.05, 0) is 30.7 Å². The van der Waals surface area contributed by atoms with Crippen LogP contribution >= 0.6 is 11.6 Å². The van der Waals surface area contributed by atoms with Crippen LogP contribution in [0.15, 0.2) is 24.3 Å². The number of ether oxygens (including phenoxy) is 2. The Morgan fingerprint density at radius 2 is 1.89 bits per heavy atom. The molecule has 1 rings (SSSR count). The zero-order chi connectivity index (χ0) is 14.1. The number of methoxy groups -OCH3 is 1. The Morgan fingerprint density at radius 1 is 1.26 bits per heavy atom. The normalized spacial score (nSPS) is 10.1. The molecule has 0 aromatic heterocycles. The molecule has 1 amide bonds. The summed E-state index contributed by atoms with van der Waals surface area (Å²) in [6.07, 6.45) is 1.20. The van der Waals surface area contributed by atoms with Crippen molar-refractivity contribution >= 4 is 17.5 Å². The van der Waals surface area contributed by atoms with Crippen molar-refractivity contribution in [1.29, 1.82) is 0 Å². The van der Waals surface area contributed by atoms with E-state index in [1.54, 1.807) is 19.1 Å². The Labute approximate surface area is 119 Å². The first kappa shape index (κ1) is 15.6. The minimum atomic E-state index is 0.0963. The van der Waals surface area contributed by atoms with Crippen LogP contribution < -0.4 is 9.47 Å². The molecule has 106 valence electrons. The van der Waals surface area contributed by atoms with Crippen molar-refractivity contribution in [2.75, 3.05) is 33.2 Å². The molecule has 0 radical (unpaired) electrons. The van der Waals surface area contributed by atoms with Gasteiger partial charge in [0.15, 0.2) is 0 Å². The highest BCUT2D eigenvalue weighted by Crippen LogP contribution is 2.16. The summed E-state index contributed by atoms with van der Waals surface area (Å²) < 4.78 is 10.6. The lowest BCUT2D eigenvalue weighted by molar-refractivity contribution is -0.130. The van der Waals surface area contributed by atoms with E-state index in [0.29, 0.717) is 31.9 Å². The average Bonchev–Trinajstić information content (AvgIpc) is 2.45. The molecular weight excluding hydrogens is 266 g/mol. The van der Waals surface area contributed by atoms with Gasteiger partial charge in [0.25, 0.3) is 0 Å². The number of carbonyl (C=O) groups excluding carboxylic acids is 1. The maximum Gasteiger partial charge on any atom is 0.222 e. The number of hydrogen-bond donors (Lipinski definition) is 0. The first-order valence-corrected chi connectivity index (χ1v) is 6.77. The number of rotatable bonds is 8. The number of hydrogen-bond acceptors (Lipinski definition) is 3. The molecule has 0 bridgehead atoms. The fourth-order valence-electron chi connectivity index (χ4n) is 1.51. The number of nitrogens with zero attached hydrogens (tertiary/aromatic N) is 1. The second kappa shape index (κ2) is 8.64. The Morgan fingerprint density at radius 3 is 2.47 bits per heavy atom. The molecule has 4 nitrogen and oxygen atoms in total. The van der Waals surface area contributed by atoms with E-state index in [0.717, 1.165) is 11.5 Å². The Balaban J connectivity index is 2.26. The minimum absolute atomic E-state index is 0.0963. The number of alkyl halides is 1. The van der Waals surface area contributed by atoms with Crippen molar-refractivity contribution in [3.8, 4) is 11.5 Å². The highest BCUT2D eigenvalue weighted by molar-refractivity contribution is 6.17. The average molecular weight is 286 g/mol. The van der Waals surface area contributed by atoms with Crippen molar-refractivity contribution in [3.05, 3.63) is 24.3 Å². The molecular formula is C14H20ClNO3. The molecule has 19 heavy (non-hydrogen) atoms. The molecule has 0 aliphatic rings. The van der Waals surface area contributed by atoms with Gasteiger partial charge >= 0.3 is 0 Å². The number of likely N-dealkylation sites (N-methyl/N-ethyl adjacent to an activating group) is 1. The van der Waals surface area contributed by atoms with Crippen molar-refractivity contribution < 1.29 is 14.3 Å². The van der Waals surface area contributed by atoms with Crippen molar-refractivity contribution in [1.82, 2.24) is 4.90 Å². The molecule has 1 aromatic rings. The highest BCUT2D eigenvalue weighted by Gasteiger charge is 2.07. The van der Waals surface area contributed by atoms with Gasteiger partial charge in [0.05, 0.1) is 13.7 Å². The van der Waals surface area contributed by atoms with Gasteiger partial charge < -0.3 is 14.4 Å². The van der Waals surface area contributed by atoms with Gasteiger partial charge in [-0.25, -0.2) is 0 Å². The number of halogens is 1. The molecule has 0 fully saturated rings. The number of carbonyl (C=O) groups is 1. The standard InChI is InChI=1S/C14H20ClNO3/c1-16(14(17)4-3-9-15)10-11-19-13-7-5-12(18-2)6-8-13/h5-8H,3-4,9-11H2,1-2H3. The van der Waals surface area contributed by atoms with Gasteiger partial charge in [-0.15, -0.1) is 11.6 Å². The van der Waals surface area contributed by atoms with Gasteiger partial charge in [-0.3, -0.25) is 4.79 Å². The smallest absolute Gasteiger partial charge is 0.222 e. The van der Waals surface area contributed by atoms with Gasteiger partial charge in [-0.2, -0.15) is 0 Å². The zero-order valence-electron chi connectivity index (χ0n) is 11.4. The fraction of sp³-hybridized carbons (Fsp3) is 0.500. The van der Waals surface area contributed by atoms with Crippen LogP contribution in [0.1, 0.15) is 12.8 Å². The zero-order valence-corrected chi connectivity index (χ0v) is 12.2. The second-order valence-electron chi connectivity index (χ2n) is 4.13. The summed E-state index contributed by atoms with van der Waals surface area (Å²) in [5.74, 6) is 2.17. The Hall–Kier alpha value is -1.42. The molecule has 0 saturated carbocycles. The lowest BCUT2D eigenvalue weighted by atomic mass is 10.3. The van der Waals surface area contributed by atoms with Crippen LogP contribution in [0.25, 0.3) is 0 Å². The Bertz CT molecular complexity index is 381. The van der Waals surface area contributed by atoms with Crippen LogP contribution in [0.2, 0.25) is 0 Å². The van der Waals surface area contributed by atoms with Crippen LogP contribution in [-0.2, 0) is 4.79 Å². The van der Waals surface area contributed by atoms with E-state index in [1.807, 2.05) is 24.3 Å². The maximum absolute atomic E-state index is 11.6. The molecule has 1 aromatic carbocycles. The summed E-state index contributed by atoms with van der Waals surface area (Å²) in [6, 6.07) is 7.36. The molecule has 0 saturated heterocycles. The SMILES string of the molecule is COc1ccc(OCCN(C)C(=O)CCCCl)cc1. The van der Waals surface area contributed by atoms with Gasteiger partial charge in [0.1, 0.15) is 18.1 Å². The summed E-state index contributed by atoms with van der Waals surface area (Å²) >= 11 is 5.55. The Kier molecular flexibility index (Phi) is 7.11. The number of benzene rings is 1. The molecule has 0 aliphatic carbocycles. The molecule has 0 heterocycles. The molecule has 0 atom stereocenters. The van der Waals surface area contributed by atoms with E-state index in [2.05, 4.69) is 0 Å². The predicted octanol–water partition coefficient (Wildman–Crippen LogP) is 2.55. The van der Waals surface area contributed by atoms with Gasteiger partial charge in [0.2, 0.25) is 5.91 Å². The first-order chi connectivity index (χ1) is 9.17. The van der Waals surface area contributed by atoms with Gasteiger partial charge in [0, 0.05) is 19.3 Å². The summed E-state index contributed by atoms with van der Waals surface area (Å²) in [6.45, 7) is 1.03. The van der Waals surface area contributed by atoms with E-state index >= 15 is 0 Å². The van der Waals surface area contributed by atoms with E-state index in [1.165, 1.54) is 0 Å². The lowest BCUT2D eigenvalue weighted by Crippen LogP contribution is -2.30.